The van der Waals surface area contributed by atoms with Crippen LogP contribution in [-0.2, 0) is 4.74 Å². The molecule has 0 amide bonds. The van der Waals surface area contributed by atoms with Gasteiger partial charge in [-0.2, -0.15) is 0 Å². The van der Waals surface area contributed by atoms with Crippen LogP contribution in [0.2, 0.25) is 0 Å². The van der Waals surface area contributed by atoms with Crippen molar-refractivity contribution in [2.24, 2.45) is 0 Å². The minimum atomic E-state index is -1.22. The molecule has 3 rings (SSSR count). The number of benzene rings is 1. The maximum atomic E-state index is 6.98. The second kappa shape index (κ2) is 30.3. The van der Waals surface area contributed by atoms with E-state index in [1.54, 1.807) is 0 Å². The van der Waals surface area contributed by atoms with Gasteiger partial charge in [0.05, 0.1) is 0 Å². The fraction of sp³-hybridized carbons (Fsp3) is 0.864. The summed E-state index contributed by atoms with van der Waals surface area (Å²) in [6.45, 7) is 13.8. The van der Waals surface area contributed by atoms with Gasteiger partial charge in [0.25, 0.3) is 0 Å². The molecule has 0 spiro atoms. The van der Waals surface area contributed by atoms with Crippen LogP contribution in [0.3, 0.4) is 0 Å². The molecule has 0 unspecified atom stereocenters. The number of ether oxygens (including phenoxy) is 3. The van der Waals surface area contributed by atoms with Crippen molar-refractivity contribution in [2.45, 2.75) is 214 Å². The third-order valence-corrected chi connectivity index (χ3v) is 10.4. The van der Waals surface area contributed by atoms with Crippen molar-refractivity contribution >= 4 is 0 Å². The summed E-state index contributed by atoms with van der Waals surface area (Å²) in [5.41, 5.74) is 0. The molecule has 286 valence electrons. The van der Waals surface area contributed by atoms with E-state index in [9.17, 15) is 0 Å². The number of hydrogen-bond donors (Lipinski definition) is 0. The molecule has 0 radical (unpaired) electrons. The molecule has 0 N–H and O–H groups in total. The monoisotopic (exact) mass is 687 g/mol. The summed E-state index contributed by atoms with van der Waals surface area (Å²) in [6, 6.07) is 8.15. The molecule has 0 fully saturated rings. The molecule has 1 aromatic carbocycles. The number of rotatable bonds is 36. The topological polar surface area (TPSA) is 34.2 Å². The Balaban J connectivity index is 2.10. The van der Waals surface area contributed by atoms with Crippen LogP contribution in [0.5, 0.6) is 11.5 Å². The molecule has 0 aliphatic carbocycles. The van der Waals surface area contributed by atoms with Gasteiger partial charge in [-0.15, -0.1) is 0 Å². The van der Waals surface area contributed by atoms with Crippen molar-refractivity contribution < 1.29 is 14.2 Å². The van der Waals surface area contributed by atoms with Crippen molar-refractivity contribution in [3.05, 3.63) is 24.3 Å². The molecule has 2 aliphatic rings. The maximum Gasteiger partial charge on any atom is 0.448 e. The van der Waals surface area contributed by atoms with E-state index >= 15 is 0 Å². The van der Waals surface area contributed by atoms with Crippen LogP contribution in [0, 0.1) is 0 Å². The number of nitrogens with zero attached hydrogens (tertiary/aromatic N) is 2. The highest BCUT2D eigenvalue weighted by Gasteiger charge is 2.46. The lowest BCUT2D eigenvalue weighted by Crippen LogP contribution is -2.60. The van der Waals surface area contributed by atoms with Gasteiger partial charge in [-0.25, -0.2) is 4.90 Å². The standard InChI is InChI=1S/C44H82N2O3/c1-5-9-13-17-21-25-29-37-45(38-30-26-22-18-14-10-6-2)41-47-44(48-42-33-34-43(49-44)36-35-42)46(39-31-27-23-19-15-11-7-3)40-32-28-24-20-16-12-8-4/h33-36H,5-32,37-41H2,1-4H3. The first kappa shape index (κ1) is 43.9. The van der Waals surface area contributed by atoms with Crippen LogP contribution >= 0.6 is 0 Å². The van der Waals surface area contributed by atoms with Crippen LogP contribution in [0.4, 0.5) is 0 Å². The highest BCUT2D eigenvalue weighted by atomic mass is 16.9. The van der Waals surface area contributed by atoms with Crippen molar-refractivity contribution in [3.8, 4) is 11.5 Å². The SMILES string of the molecule is CCCCCCCCCN(CCCCCCCCC)COC1(N(CCCCCCCCC)CCCCCCCCC)Oc2ccc(cc2)O1. The third kappa shape index (κ3) is 21.0. The zero-order valence-corrected chi connectivity index (χ0v) is 33.3. The Hall–Kier alpha value is -1.30. The lowest BCUT2D eigenvalue weighted by atomic mass is 10.1. The van der Waals surface area contributed by atoms with Gasteiger partial charge in [0.2, 0.25) is 0 Å². The summed E-state index contributed by atoms with van der Waals surface area (Å²) in [4.78, 5) is 4.96. The summed E-state index contributed by atoms with van der Waals surface area (Å²) in [5, 5.41) is 0. The highest BCUT2D eigenvalue weighted by Crippen LogP contribution is 2.34. The summed E-state index contributed by atoms with van der Waals surface area (Å²) in [7, 11) is 0. The van der Waals surface area contributed by atoms with Gasteiger partial charge in [-0.05, 0) is 49.9 Å². The second-order valence-corrected chi connectivity index (χ2v) is 15.1. The molecule has 1 aromatic rings. The summed E-state index contributed by atoms with van der Waals surface area (Å²) >= 11 is 0. The third-order valence-electron chi connectivity index (χ3n) is 10.4. The first-order chi connectivity index (χ1) is 24.2. The predicted octanol–water partition coefficient (Wildman–Crippen LogP) is 13.6. The van der Waals surface area contributed by atoms with Crippen LogP contribution in [0.15, 0.2) is 24.3 Å². The summed E-state index contributed by atoms with van der Waals surface area (Å²) < 4.78 is 20.5. The molecule has 0 saturated carbocycles. The minimum absolute atomic E-state index is 0.538. The largest absolute Gasteiger partial charge is 0.448 e. The molecule has 49 heavy (non-hydrogen) atoms. The highest BCUT2D eigenvalue weighted by molar-refractivity contribution is 5.33. The molecule has 0 atom stereocenters. The van der Waals surface area contributed by atoms with E-state index in [1.807, 2.05) is 24.3 Å². The van der Waals surface area contributed by atoms with E-state index in [4.69, 9.17) is 14.2 Å². The quantitative estimate of drug-likeness (QED) is 0.0518. The van der Waals surface area contributed by atoms with Crippen LogP contribution in [0.1, 0.15) is 207 Å². The molecule has 2 heterocycles. The van der Waals surface area contributed by atoms with E-state index < -0.39 is 6.10 Å². The Labute approximate surface area is 305 Å². The molecule has 5 heteroatoms. The average molecular weight is 687 g/mol. The first-order valence-corrected chi connectivity index (χ1v) is 21.8. The average Bonchev–Trinajstić information content (AvgIpc) is 3.41. The number of unbranched alkanes of at least 4 members (excludes halogenated alkanes) is 24. The van der Waals surface area contributed by atoms with Gasteiger partial charge in [0, 0.05) is 26.2 Å². The maximum absolute atomic E-state index is 6.98. The Morgan fingerprint density at radius 1 is 0.408 bits per heavy atom. The van der Waals surface area contributed by atoms with Crippen LogP contribution in [-0.4, -0.2) is 48.8 Å². The lowest BCUT2D eigenvalue weighted by Gasteiger charge is -2.41. The zero-order valence-electron chi connectivity index (χ0n) is 33.3. The molecule has 0 saturated heterocycles. The van der Waals surface area contributed by atoms with Crippen molar-refractivity contribution in [1.82, 2.24) is 9.80 Å². The van der Waals surface area contributed by atoms with Crippen LogP contribution in [0.25, 0.3) is 0 Å². The normalized spacial score (nSPS) is 13.7. The fourth-order valence-electron chi connectivity index (χ4n) is 7.08. The van der Waals surface area contributed by atoms with Gasteiger partial charge in [-0.1, -0.05) is 182 Å². The minimum Gasteiger partial charge on any atom is -0.417 e. The van der Waals surface area contributed by atoms with Crippen molar-refractivity contribution in [2.75, 3.05) is 32.9 Å². The molecular weight excluding hydrogens is 604 g/mol. The van der Waals surface area contributed by atoms with Crippen molar-refractivity contribution in [1.29, 1.82) is 0 Å². The molecular formula is C44H82N2O3. The number of fused-ring (bicyclic) bond motifs is 4. The van der Waals surface area contributed by atoms with Gasteiger partial charge in [-0.3, -0.25) is 9.64 Å². The summed E-state index contributed by atoms with van der Waals surface area (Å²) in [5.74, 6) is 1.66. The van der Waals surface area contributed by atoms with Gasteiger partial charge >= 0.3 is 6.10 Å². The molecule has 5 nitrogen and oxygen atoms in total. The smallest absolute Gasteiger partial charge is 0.417 e. The van der Waals surface area contributed by atoms with Crippen LogP contribution < -0.4 is 9.47 Å². The lowest BCUT2D eigenvalue weighted by molar-refractivity contribution is -0.387. The van der Waals surface area contributed by atoms with E-state index in [0.29, 0.717) is 6.73 Å². The van der Waals surface area contributed by atoms with Gasteiger partial charge < -0.3 is 9.47 Å². The zero-order chi connectivity index (χ0) is 35.1. The van der Waals surface area contributed by atoms with Gasteiger partial charge in [0.15, 0.2) is 0 Å². The Morgan fingerprint density at radius 3 is 1.02 bits per heavy atom. The van der Waals surface area contributed by atoms with E-state index in [-0.39, 0.29) is 0 Å². The van der Waals surface area contributed by atoms with Crippen molar-refractivity contribution in [3.63, 3.8) is 0 Å². The fourth-order valence-corrected chi connectivity index (χ4v) is 7.08. The first-order valence-electron chi connectivity index (χ1n) is 21.8. The second-order valence-electron chi connectivity index (χ2n) is 15.1. The molecule has 0 aromatic heterocycles. The van der Waals surface area contributed by atoms with E-state index in [2.05, 4.69) is 37.5 Å². The van der Waals surface area contributed by atoms with Gasteiger partial charge in [0.1, 0.15) is 18.2 Å². The predicted molar refractivity (Wildman–Crippen MR) is 211 cm³/mol. The molecule has 2 bridgehead atoms. The molecule has 2 aliphatic heterocycles. The Morgan fingerprint density at radius 2 is 0.694 bits per heavy atom. The van der Waals surface area contributed by atoms with E-state index in [0.717, 1.165) is 50.5 Å². The number of hydrogen-bond acceptors (Lipinski definition) is 5. The Bertz CT molecular complexity index is 786. The van der Waals surface area contributed by atoms with E-state index in [1.165, 1.54) is 167 Å². The Kier molecular flexibility index (Phi) is 27.2. The summed E-state index contributed by atoms with van der Waals surface area (Å²) in [6.07, 6.45) is 35.6.